The Balaban J connectivity index is 1.61. The highest BCUT2D eigenvalue weighted by atomic mass is 16.3. The standard InChI is InChI=1S/C26H29N5O2/c1-26(2,3)20-12-10-19(11-13-20)24(32)31-25(28-23(29-31)22-7-6-16-33-22)27-17-18-8-14-21(15-9-18)30(4)5/h6-16H,17H2,1-5H3,(H,27,28,29). The fourth-order valence-corrected chi connectivity index (χ4v) is 3.41. The average Bonchev–Trinajstić information content (AvgIpc) is 3.47. The highest BCUT2D eigenvalue weighted by Crippen LogP contribution is 2.24. The van der Waals surface area contributed by atoms with E-state index < -0.39 is 0 Å². The van der Waals surface area contributed by atoms with E-state index in [0.717, 1.165) is 16.8 Å². The molecule has 4 rings (SSSR count). The van der Waals surface area contributed by atoms with Gasteiger partial charge in [-0.1, -0.05) is 45.0 Å². The van der Waals surface area contributed by atoms with Gasteiger partial charge in [-0.15, -0.1) is 5.10 Å². The number of rotatable bonds is 6. The first-order valence-corrected chi connectivity index (χ1v) is 10.9. The second-order valence-corrected chi connectivity index (χ2v) is 9.20. The molecule has 0 spiro atoms. The summed E-state index contributed by atoms with van der Waals surface area (Å²) in [5.74, 6) is 0.960. The topological polar surface area (TPSA) is 76.2 Å². The molecule has 1 N–H and O–H groups in total. The number of aromatic nitrogens is 3. The van der Waals surface area contributed by atoms with Crippen LogP contribution in [0.3, 0.4) is 0 Å². The number of carbonyl (C=O) groups excluding carboxylic acids is 1. The zero-order chi connectivity index (χ0) is 23.6. The van der Waals surface area contributed by atoms with E-state index in [2.05, 4.69) is 48.3 Å². The molecule has 0 radical (unpaired) electrons. The van der Waals surface area contributed by atoms with Crippen LogP contribution >= 0.6 is 0 Å². The van der Waals surface area contributed by atoms with Crippen LogP contribution in [0.2, 0.25) is 0 Å². The minimum atomic E-state index is -0.258. The Hall–Kier alpha value is -3.87. The van der Waals surface area contributed by atoms with Crippen molar-refractivity contribution in [2.24, 2.45) is 0 Å². The van der Waals surface area contributed by atoms with Crippen LogP contribution in [0.25, 0.3) is 11.6 Å². The van der Waals surface area contributed by atoms with E-state index in [-0.39, 0.29) is 11.3 Å². The molecule has 0 fully saturated rings. The van der Waals surface area contributed by atoms with E-state index in [9.17, 15) is 4.79 Å². The predicted octanol–water partition coefficient (Wildman–Crippen LogP) is 5.20. The van der Waals surface area contributed by atoms with Crippen LogP contribution in [-0.4, -0.2) is 34.8 Å². The van der Waals surface area contributed by atoms with Crippen molar-refractivity contribution in [3.63, 3.8) is 0 Å². The lowest BCUT2D eigenvalue weighted by Gasteiger charge is -2.19. The Kier molecular flexibility index (Phi) is 6.05. The van der Waals surface area contributed by atoms with Gasteiger partial charge in [-0.25, -0.2) is 0 Å². The van der Waals surface area contributed by atoms with Crippen molar-refractivity contribution >= 4 is 17.5 Å². The van der Waals surface area contributed by atoms with Crippen molar-refractivity contribution < 1.29 is 9.21 Å². The van der Waals surface area contributed by atoms with Crippen LogP contribution in [-0.2, 0) is 12.0 Å². The van der Waals surface area contributed by atoms with Gasteiger partial charge in [0.15, 0.2) is 5.76 Å². The van der Waals surface area contributed by atoms with Crippen LogP contribution in [0, 0.1) is 0 Å². The lowest BCUT2D eigenvalue weighted by Crippen LogP contribution is -2.18. The second-order valence-electron chi connectivity index (χ2n) is 9.20. The van der Waals surface area contributed by atoms with Crippen molar-refractivity contribution in [2.75, 3.05) is 24.3 Å². The second kappa shape index (κ2) is 8.94. The van der Waals surface area contributed by atoms with Crippen LogP contribution in [0.1, 0.15) is 42.3 Å². The molecular formula is C26H29N5O2. The molecule has 33 heavy (non-hydrogen) atoms. The fourth-order valence-electron chi connectivity index (χ4n) is 3.41. The summed E-state index contributed by atoms with van der Waals surface area (Å²) in [5, 5.41) is 7.70. The molecule has 4 aromatic rings. The van der Waals surface area contributed by atoms with Crippen molar-refractivity contribution in [1.82, 2.24) is 14.8 Å². The van der Waals surface area contributed by atoms with E-state index in [4.69, 9.17) is 4.42 Å². The van der Waals surface area contributed by atoms with Gasteiger partial charge in [0.1, 0.15) is 0 Å². The number of benzene rings is 2. The van der Waals surface area contributed by atoms with Gasteiger partial charge in [-0.05, 0) is 52.9 Å². The van der Waals surface area contributed by atoms with Crippen molar-refractivity contribution in [1.29, 1.82) is 0 Å². The highest BCUT2D eigenvalue weighted by molar-refractivity contribution is 5.97. The zero-order valence-corrected chi connectivity index (χ0v) is 19.7. The number of nitrogens with one attached hydrogen (secondary N) is 1. The lowest BCUT2D eigenvalue weighted by molar-refractivity contribution is 0.0947. The Morgan fingerprint density at radius 1 is 1.03 bits per heavy atom. The largest absolute Gasteiger partial charge is 0.461 e. The number of hydrogen-bond acceptors (Lipinski definition) is 6. The third kappa shape index (κ3) is 4.98. The third-order valence-electron chi connectivity index (χ3n) is 5.44. The lowest BCUT2D eigenvalue weighted by atomic mass is 9.87. The maximum Gasteiger partial charge on any atom is 0.281 e. The molecule has 0 unspecified atom stereocenters. The minimum absolute atomic E-state index is 0.0101. The molecule has 0 bridgehead atoms. The van der Waals surface area contributed by atoms with E-state index in [1.54, 1.807) is 18.4 Å². The van der Waals surface area contributed by atoms with E-state index in [1.807, 2.05) is 55.4 Å². The molecule has 2 aromatic carbocycles. The van der Waals surface area contributed by atoms with Gasteiger partial charge in [-0.3, -0.25) is 4.79 Å². The monoisotopic (exact) mass is 443 g/mol. The Labute approximate surface area is 194 Å². The molecule has 0 atom stereocenters. The molecule has 0 aliphatic rings. The smallest absolute Gasteiger partial charge is 0.281 e. The van der Waals surface area contributed by atoms with Crippen molar-refractivity contribution in [3.05, 3.63) is 83.6 Å². The van der Waals surface area contributed by atoms with Gasteiger partial charge in [0.2, 0.25) is 11.8 Å². The molecular weight excluding hydrogens is 414 g/mol. The van der Waals surface area contributed by atoms with Crippen molar-refractivity contribution in [3.8, 4) is 11.6 Å². The number of furan rings is 1. The van der Waals surface area contributed by atoms with Crippen molar-refractivity contribution in [2.45, 2.75) is 32.7 Å². The van der Waals surface area contributed by atoms with Gasteiger partial charge < -0.3 is 14.6 Å². The highest BCUT2D eigenvalue weighted by Gasteiger charge is 2.21. The average molecular weight is 444 g/mol. The molecule has 7 heteroatoms. The number of anilines is 2. The summed E-state index contributed by atoms with van der Waals surface area (Å²) < 4.78 is 6.75. The summed E-state index contributed by atoms with van der Waals surface area (Å²) in [6.07, 6.45) is 1.56. The summed E-state index contributed by atoms with van der Waals surface area (Å²) >= 11 is 0. The molecule has 2 heterocycles. The minimum Gasteiger partial charge on any atom is -0.461 e. The van der Waals surface area contributed by atoms with E-state index >= 15 is 0 Å². The molecule has 0 aliphatic heterocycles. The summed E-state index contributed by atoms with van der Waals surface area (Å²) in [5.41, 5.74) is 3.90. The number of carbonyl (C=O) groups is 1. The molecule has 0 amide bonds. The van der Waals surface area contributed by atoms with E-state index in [0.29, 0.717) is 29.6 Å². The first-order chi connectivity index (χ1) is 15.7. The van der Waals surface area contributed by atoms with Gasteiger partial charge in [-0.2, -0.15) is 9.67 Å². The van der Waals surface area contributed by atoms with Gasteiger partial charge >= 0.3 is 0 Å². The molecule has 170 valence electrons. The molecule has 2 aromatic heterocycles. The van der Waals surface area contributed by atoms with Gasteiger partial charge in [0, 0.05) is 31.9 Å². The quantitative estimate of drug-likeness (QED) is 0.441. The summed E-state index contributed by atoms with van der Waals surface area (Å²) in [6.45, 7) is 6.93. The first-order valence-electron chi connectivity index (χ1n) is 10.9. The van der Waals surface area contributed by atoms with Gasteiger partial charge in [0.05, 0.1) is 6.26 Å². The van der Waals surface area contributed by atoms with E-state index in [1.165, 1.54) is 4.68 Å². The summed E-state index contributed by atoms with van der Waals surface area (Å²) in [6, 6.07) is 19.4. The maximum absolute atomic E-state index is 13.3. The van der Waals surface area contributed by atoms with Crippen LogP contribution in [0.5, 0.6) is 0 Å². The molecule has 0 aliphatic carbocycles. The normalized spacial score (nSPS) is 11.4. The van der Waals surface area contributed by atoms with Gasteiger partial charge in [0.25, 0.3) is 5.91 Å². The summed E-state index contributed by atoms with van der Waals surface area (Å²) in [4.78, 5) is 19.9. The third-order valence-corrected chi connectivity index (χ3v) is 5.44. The molecule has 7 nitrogen and oxygen atoms in total. The first kappa shape index (κ1) is 22.3. The zero-order valence-electron chi connectivity index (χ0n) is 19.7. The van der Waals surface area contributed by atoms with Crippen LogP contribution in [0.4, 0.5) is 11.6 Å². The Morgan fingerprint density at radius 2 is 1.73 bits per heavy atom. The molecule has 0 saturated heterocycles. The molecule has 0 saturated carbocycles. The number of nitrogens with zero attached hydrogens (tertiary/aromatic N) is 4. The Bertz CT molecular complexity index is 1220. The maximum atomic E-state index is 13.3. The fraction of sp³-hybridized carbons (Fsp3) is 0.269. The van der Waals surface area contributed by atoms with Crippen LogP contribution < -0.4 is 10.2 Å². The Morgan fingerprint density at radius 3 is 2.30 bits per heavy atom. The summed E-state index contributed by atoms with van der Waals surface area (Å²) in [7, 11) is 4.01. The number of hydrogen-bond donors (Lipinski definition) is 1. The van der Waals surface area contributed by atoms with Crippen LogP contribution in [0.15, 0.2) is 71.3 Å². The SMILES string of the molecule is CN(C)c1ccc(CNc2nc(-c3ccco3)nn2C(=O)c2ccc(C(C)(C)C)cc2)cc1. The predicted molar refractivity (Wildman–Crippen MR) is 131 cm³/mol.